The van der Waals surface area contributed by atoms with Crippen LogP contribution in [0.1, 0.15) is 0 Å². The summed E-state index contributed by atoms with van der Waals surface area (Å²) >= 11 is 0. The fourth-order valence-electron chi connectivity index (χ4n) is 0.0891. The van der Waals surface area contributed by atoms with Gasteiger partial charge in [-0.15, -0.1) is 13.2 Å². The van der Waals surface area contributed by atoms with E-state index >= 15 is 0 Å². The minimum Gasteiger partial charge on any atom is -0.261 e. The lowest BCUT2D eigenvalue weighted by Crippen LogP contribution is -2.14. The van der Waals surface area contributed by atoms with E-state index < -0.39 is 13.2 Å². The molecule has 0 aromatic rings. The highest BCUT2D eigenvalue weighted by molar-refractivity contribution is 4.18. The van der Waals surface area contributed by atoms with Gasteiger partial charge in [0.15, 0.2) is 6.79 Å². The van der Waals surface area contributed by atoms with Crippen molar-refractivity contribution in [1.29, 1.82) is 0 Å². The average Bonchev–Trinajstić information content (AvgIpc) is 1.59. The summed E-state index contributed by atoms with van der Waals surface area (Å²) in [6.07, 6.45) is -4.81. The molecule has 0 heterocycles. The van der Waals surface area contributed by atoms with Crippen LogP contribution in [-0.2, 0) is 9.68 Å². The highest BCUT2D eigenvalue weighted by Crippen LogP contribution is 2.15. The molecule has 0 bridgehead atoms. The van der Waals surface area contributed by atoms with Crippen LogP contribution in [0.5, 0.6) is 0 Å². The van der Waals surface area contributed by atoms with Crippen LogP contribution >= 0.6 is 0 Å². The third-order valence-corrected chi connectivity index (χ3v) is 0.267. The van der Waals surface area contributed by atoms with E-state index in [1.807, 2.05) is 0 Å². The molecule has 0 amide bonds. The summed E-state index contributed by atoms with van der Waals surface area (Å²) in [5.74, 6) is 0. The number of hydrogen-bond donors (Lipinski definition) is 0. The first-order chi connectivity index (χ1) is 3.56. The molecule has 0 aliphatic rings. The van der Waals surface area contributed by atoms with Gasteiger partial charge in [0.05, 0.1) is 0 Å². The van der Waals surface area contributed by atoms with E-state index in [0.717, 1.165) is 0 Å². The zero-order chi connectivity index (χ0) is 6.62. The van der Waals surface area contributed by atoms with Crippen LogP contribution in [0.25, 0.3) is 0 Å². The molecule has 8 heavy (non-hydrogen) atoms. The van der Waals surface area contributed by atoms with Crippen molar-refractivity contribution in [2.45, 2.75) is 6.36 Å². The Morgan fingerprint density at radius 2 is 1.75 bits per heavy atom. The van der Waals surface area contributed by atoms with Gasteiger partial charge < -0.3 is 0 Å². The number of rotatable bonds is 2. The molecule has 0 aromatic carbocycles. The van der Waals surface area contributed by atoms with Gasteiger partial charge in [0.2, 0.25) is 0 Å². The summed E-state index contributed by atoms with van der Waals surface area (Å²) in [6, 6.07) is 0. The summed E-state index contributed by atoms with van der Waals surface area (Å²) in [4.78, 5) is 2.48. The van der Waals surface area contributed by atoms with Crippen LogP contribution in [0.15, 0.2) is 0 Å². The second-order valence-corrected chi connectivity index (χ2v) is 0.817. The van der Waals surface area contributed by atoms with Gasteiger partial charge in [0.1, 0.15) is 0 Å². The van der Waals surface area contributed by atoms with Crippen LogP contribution < -0.4 is 0 Å². The first-order valence-corrected chi connectivity index (χ1v) is 1.50. The van der Waals surface area contributed by atoms with Crippen molar-refractivity contribution in [3.8, 4) is 0 Å². The molecule has 6 heteroatoms. The first-order valence-electron chi connectivity index (χ1n) is 1.50. The molecule has 0 aliphatic heterocycles. The van der Waals surface area contributed by atoms with E-state index in [0.29, 0.717) is 0 Å². The van der Waals surface area contributed by atoms with Crippen LogP contribution in [0.4, 0.5) is 17.7 Å². The van der Waals surface area contributed by atoms with Gasteiger partial charge in [-0.2, -0.15) is 4.94 Å². The zero-order valence-electron chi connectivity index (χ0n) is 3.54. The van der Waals surface area contributed by atoms with E-state index in [1.165, 1.54) is 0 Å². The van der Waals surface area contributed by atoms with E-state index in [2.05, 4.69) is 9.68 Å². The molecule has 0 spiro atoms. The Morgan fingerprint density at radius 3 is 1.88 bits per heavy atom. The van der Waals surface area contributed by atoms with Crippen LogP contribution in [0.2, 0.25) is 0 Å². The van der Waals surface area contributed by atoms with Crippen molar-refractivity contribution < 1.29 is 27.4 Å². The minimum absolute atomic E-state index is 1.41. The molecule has 0 radical (unpaired) electrons. The Bertz CT molecular complexity index is 59.5. The van der Waals surface area contributed by atoms with E-state index in [4.69, 9.17) is 0 Å². The van der Waals surface area contributed by atoms with Crippen LogP contribution in [0.3, 0.4) is 0 Å². The summed E-state index contributed by atoms with van der Waals surface area (Å²) < 4.78 is 45.5. The lowest BCUT2D eigenvalue weighted by atomic mass is 11.3. The lowest BCUT2D eigenvalue weighted by molar-refractivity contribution is -0.374. The van der Waals surface area contributed by atoms with Crippen molar-refractivity contribution in [1.82, 2.24) is 0 Å². The van der Waals surface area contributed by atoms with Gasteiger partial charge in [-0.05, 0) is 4.53 Å². The van der Waals surface area contributed by atoms with Crippen LogP contribution in [-0.4, -0.2) is 13.2 Å². The van der Waals surface area contributed by atoms with E-state index in [-0.39, 0.29) is 0 Å². The third-order valence-electron chi connectivity index (χ3n) is 0.267. The van der Waals surface area contributed by atoms with Crippen molar-refractivity contribution in [2.75, 3.05) is 6.79 Å². The highest BCUT2D eigenvalue weighted by atomic mass is 19.4. The molecule has 0 saturated carbocycles. The number of alkyl halides is 3. The van der Waals surface area contributed by atoms with E-state index in [9.17, 15) is 17.7 Å². The van der Waals surface area contributed by atoms with Crippen molar-refractivity contribution in [2.24, 2.45) is 0 Å². The molecule has 0 saturated heterocycles. The molecular weight excluding hydrogens is 132 g/mol. The molecule has 0 aliphatic carbocycles. The molecule has 0 aromatic heterocycles. The molecule has 0 atom stereocenters. The summed E-state index contributed by atoms with van der Waals surface area (Å²) in [6.45, 7) is -1.41. The fourth-order valence-corrected chi connectivity index (χ4v) is 0.0891. The fraction of sp³-hybridized carbons (Fsp3) is 1.00. The van der Waals surface area contributed by atoms with Crippen molar-refractivity contribution >= 4 is 0 Å². The number of hydrogen-bond acceptors (Lipinski definition) is 2. The highest BCUT2D eigenvalue weighted by Gasteiger charge is 2.29. The van der Waals surface area contributed by atoms with Crippen molar-refractivity contribution in [3.05, 3.63) is 0 Å². The summed E-state index contributed by atoms with van der Waals surface area (Å²) in [5.41, 5.74) is 0. The SMILES string of the molecule is FOCOC(F)(F)F. The number of ether oxygens (including phenoxy) is 1. The molecule has 0 N–H and O–H groups in total. The van der Waals surface area contributed by atoms with Gasteiger partial charge >= 0.3 is 6.36 Å². The predicted molar refractivity (Wildman–Crippen MR) is 14.2 cm³/mol. The zero-order valence-corrected chi connectivity index (χ0v) is 3.54. The van der Waals surface area contributed by atoms with Gasteiger partial charge in [0.25, 0.3) is 0 Å². The summed E-state index contributed by atoms with van der Waals surface area (Å²) in [7, 11) is 0. The molecular formula is C2H2F4O2. The molecule has 0 unspecified atom stereocenters. The third kappa shape index (κ3) is 5.64. The average molecular weight is 134 g/mol. The Hall–Kier alpha value is -0.360. The van der Waals surface area contributed by atoms with Gasteiger partial charge in [0, 0.05) is 0 Å². The Balaban J connectivity index is 3.11. The van der Waals surface area contributed by atoms with Crippen LogP contribution in [0, 0.1) is 0 Å². The largest absolute Gasteiger partial charge is 0.524 e. The Labute approximate surface area is 41.9 Å². The maximum Gasteiger partial charge on any atom is 0.524 e. The quantitative estimate of drug-likeness (QED) is 0.419. The Kier molecular flexibility index (Phi) is 2.70. The normalized spacial score (nSPS) is 12.0. The molecule has 2 nitrogen and oxygen atoms in total. The monoisotopic (exact) mass is 134 g/mol. The van der Waals surface area contributed by atoms with E-state index in [1.54, 1.807) is 0 Å². The van der Waals surface area contributed by atoms with Crippen molar-refractivity contribution in [3.63, 3.8) is 0 Å². The first kappa shape index (κ1) is 7.64. The number of halogens is 4. The topological polar surface area (TPSA) is 18.5 Å². The van der Waals surface area contributed by atoms with Gasteiger partial charge in [-0.25, -0.2) is 0 Å². The lowest BCUT2D eigenvalue weighted by Gasteiger charge is -2.01. The molecule has 0 rings (SSSR count). The maximum atomic E-state index is 10.8. The second-order valence-electron chi connectivity index (χ2n) is 0.817. The smallest absolute Gasteiger partial charge is 0.261 e. The summed E-state index contributed by atoms with van der Waals surface area (Å²) in [5, 5.41) is 0. The molecule has 50 valence electrons. The van der Waals surface area contributed by atoms with Gasteiger partial charge in [-0.3, -0.25) is 4.74 Å². The predicted octanol–water partition coefficient (Wildman–Crippen LogP) is 1.38. The minimum atomic E-state index is -4.81. The maximum absolute atomic E-state index is 10.8. The molecule has 0 fully saturated rings. The second kappa shape index (κ2) is 2.83. The standard InChI is InChI=1S/C2H2F4O2/c3-2(4,5)7-1-8-6/h1H2. The Morgan fingerprint density at radius 1 is 1.25 bits per heavy atom. The van der Waals surface area contributed by atoms with Gasteiger partial charge in [-0.1, -0.05) is 0 Å².